The first-order valence-electron chi connectivity index (χ1n) is 11.3. The second kappa shape index (κ2) is 7.03. The summed E-state index contributed by atoms with van der Waals surface area (Å²) in [4.78, 5) is 16.5. The van der Waals surface area contributed by atoms with Gasteiger partial charge in [-0.25, -0.2) is 9.97 Å². The van der Waals surface area contributed by atoms with Crippen molar-refractivity contribution in [3.63, 3.8) is 0 Å². The molecule has 0 amide bonds. The number of hydrogen-bond donors (Lipinski definition) is 1. The molecule has 2 bridgehead atoms. The maximum absolute atomic E-state index is 6.71. The van der Waals surface area contributed by atoms with Gasteiger partial charge in [0.05, 0.1) is 0 Å². The van der Waals surface area contributed by atoms with Crippen molar-refractivity contribution < 1.29 is 0 Å². The highest BCUT2D eigenvalue weighted by Gasteiger charge is 2.50. The van der Waals surface area contributed by atoms with Crippen molar-refractivity contribution in [2.24, 2.45) is 10.8 Å². The van der Waals surface area contributed by atoms with Gasteiger partial charge in [0.2, 0.25) is 0 Å². The molecule has 5 rings (SSSR count). The largest absolute Gasteiger partial charge is 0.393 e. The summed E-state index contributed by atoms with van der Waals surface area (Å²) in [5.74, 6) is 1.84. The van der Waals surface area contributed by atoms with Gasteiger partial charge >= 0.3 is 0 Å². The molecule has 3 aliphatic rings. The van der Waals surface area contributed by atoms with E-state index in [1.807, 2.05) is 0 Å². The Kier molecular flexibility index (Phi) is 4.56. The molecule has 0 spiro atoms. The zero-order chi connectivity index (χ0) is 20.9. The molecule has 3 heterocycles. The quantitative estimate of drug-likeness (QED) is 0.837. The summed E-state index contributed by atoms with van der Waals surface area (Å²) in [6, 6.07) is 11.2. The fraction of sp³-hybridized carbons (Fsp3) is 0.583. The summed E-state index contributed by atoms with van der Waals surface area (Å²) < 4.78 is 0. The number of benzene rings is 1. The molecule has 2 aromatic rings. The Morgan fingerprint density at radius 1 is 0.900 bits per heavy atom. The van der Waals surface area contributed by atoms with Crippen molar-refractivity contribution in [2.45, 2.75) is 46.1 Å². The standard InChI is InChI=1S/C24H34N6/c1-23(2)13-19-14-24(3,15-23)16-30(19)22-20(25)21(26-17-27-22)29-11-9-28(10-12-29)18-7-5-4-6-8-18/h4-8,17,19H,9-16,25H2,1-3H3. The third-order valence-electron chi connectivity index (χ3n) is 7.23. The van der Waals surface area contributed by atoms with E-state index in [1.165, 1.54) is 24.9 Å². The Balaban J connectivity index is 1.35. The average molecular weight is 407 g/mol. The molecule has 1 aliphatic carbocycles. The molecule has 6 heteroatoms. The summed E-state index contributed by atoms with van der Waals surface area (Å²) in [5.41, 5.74) is 9.48. The lowest BCUT2D eigenvalue weighted by molar-refractivity contribution is 0.136. The van der Waals surface area contributed by atoms with E-state index in [0.29, 0.717) is 16.9 Å². The van der Waals surface area contributed by atoms with Crippen LogP contribution in [-0.4, -0.2) is 48.7 Å². The third kappa shape index (κ3) is 3.46. The Hall–Kier alpha value is -2.50. The SMILES string of the molecule is CC1(C)CC2CC(C)(CN2c2ncnc(N3CCN(c4ccccc4)CC3)c2N)C1. The van der Waals surface area contributed by atoms with Crippen molar-refractivity contribution in [1.29, 1.82) is 0 Å². The number of nitrogens with two attached hydrogens (primary N) is 1. The van der Waals surface area contributed by atoms with Gasteiger partial charge in [-0.3, -0.25) is 0 Å². The third-order valence-corrected chi connectivity index (χ3v) is 7.23. The second-order valence-corrected chi connectivity index (χ2v) is 10.6. The minimum Gasteiger partial charge on any atom is -0.393 e. The number of rotatable bonds is 3. The maximum Gasteiger partial charge on any atom is 0.157 e. The van der Waals surface area contributed by atoms with Gasteiger partial charge in [-0.05, 0) is 42.2 Å². The van der Waals surface area contributed by atoms with E-state index in [0.717, 1.165) is 50.0 Å². The topological polar surface area (TPSA) is 61.5 Å². The predicted molar refractivity (Wildman–Crippen MR) is 124 cm³/mol. The highest BCUT2D eigenvalue weighted by molar-refractivity contribution is 5.76. The van der Waals surface area contributed by atoms with Gasteiger partial charge in [-0.1, -0.05) is 39.0 Å². The monoisotopic (exact) mass is 406 g/mol. The number of aromatic nitrogens is 2. The first kappa shape index (κ1) is 19.5. The van der Waals surface area contributed by atoms with Crippen LogP contribution < -0.4 is 20.4 Å². The van der Waals surface area contributed by atoms with Gasteiger partial charge in [0.15, 0.2) is 11.6 Å². The van der Waals surface area contributed by atoms with Crippen molar-refractivity contribution >= 4 is 23.0 Å². The van der Waals surface area contributed by atoms with Crippen LogP contribution in [0.5, 0.6) is 0 Å². The van der Waals surface area contributed by atoms with Gasteiger partial charge in [0.1, 0.15) is 12.0 Å². The summed E-state index contributed by atoms with van der Waals surface area (Å²) in [6.45, 7) is 12.1. The Labute approximate surface area is 180 Å². The van der Waals surface area contributed by atoms with Gasteiger partial charge in [0, 0.05) is 44.5 Å². The van der Waals surface area contributed by atoms with Gasteiger partial charge in [0.25, 0.3) is 0 Å². The van der Waals surface area contributed by atoms with E-state index in [2.05, 4.69) is 75.8 Å². The molecular weight excluding hydrogens is 372 g/mol. The number of piperazine rings is 1. The first-order valence-corrected chi connectivity index (χ1v) is 11.3. The number of anilines is 4. The molecule has 2 atom stereocenters. The van der Waals surface area contributed by atoms with E-state index in [9.17, 15) is 0 Å². The molecule has 2 N–H and O–H groups in total. The molecular formula is C24H34N6. The van der Waals surface area contributed by atoms with Crippen LogP contribution in [-0.2, 0) is 0 Å². The van der Waals surface area contributed by atoms with Crippen LogP contribution in [0, 0.1) is 10.8 Å². The molecule has 1 aromatic carbocycles. The molecule has 30 heavy (non-hydrogen) atoms. The lowest BCUT2D eigenvalue weighted by Gasteiger charge is -2.39. The average Bonchev–Trinajstić information content (AvgIpc) is 2.97. The number of nitrogen functional groups attached to an aromatic ring is 1. The van der Waals surface area contributed by atoms with Crippen LogP contribution in [0.3, 0.4) is 0 Å². The highest BCUT2D eigenvalue weighted by atomic mass is 15.3. The molecule has 2 aliphatic heterocycles. The summed E-state index contributed by atoms with van der Waals surface area (Å²) in [6.07, 6.45) is 5.43. The Bertz CT molecular complexity index is 905. The van der Waals surface area contributed by atoms with Crippen LogP contribution in [0.4, 0.5) is 23.0 Å². The number of nitrogens with zero attached hydrogens (tertiary/aromatic N) is 5. The zero-order valence-corrected chi connectivity index (χ0v) is 18.5. The normalized spacial score (nSPS) is 28.1. The van der Waals surface area contributed by atoms with E-state index >= 15 is 0 Å². The smallest absolute Gasteiger partial charge is 0.157 e. The summed E-state index contributed by atoms with van der Waals surface area (Å²) in [7, 11) is 0. The summed E-state index contributed by atoms with van der Waals surface area (Å²) >= 11 is 0. The van der Waals surface area contributed by atoms with Crippen molar-refractivity contribution in [3.8, 4) is 0 Å². The van der Waals surface area contributed by atoms with Gasteiger partial charge < -0.3 is 20.4 Å². The molecule has 1 aromatic heterocycles. The molecule has 6 nitrogen and oxygen atoms in total. The second-order valence-electron chi connectivity index (χ2n) is 10.6. The van der Waals surface area contributed by atoms with Gasteiger partial charge in [-0.2, -0.15) is 0 Å². The summed E-state index contributed by atoms with van der Waals surface area (Å²) in [5, 5.41) is 0. The fourth-order valence-electron chi connectivity index (χ4n) is 6.38. The van der Waals surface area contributed by atoms with E-state index in [1.54, 1.807) is 6.33 Å². The molecule has 3 fully saturated rings. The van der Waals surface area contributed by atoms with Crippen molar-refractivity contribution in [2.75, 3.05) is 53.2 Å². The van der Waals surface area contributed by atoms with E-state index in [-0.39, 0.29) is 0 Å². The first-order chi connectivity index (χ1) is 14.3. The van der Waals surface area contributed by atoms with E-state index in [4.69, 9.17) is 5.73 Å². The van der Waals surface area contributed by atoms with Crippen LogP contribution in [0.1, 0.15) is 40.0 Å². The molecule has 0 radical (unpaired) electrons. The predicted octanol–water partition coefficient (Wildman–Crippen LogP) is 3.79. The van der Waals surface area contributed by atoms with Crippen LogP contribution >= 0.6 is 0 Å². The van der Waals surface area contributed by atoms with Crippen LogP contribution in [0.25, 0.3) is 0 Å². The minimum atomic E-state index is 0.352. The minimum absolute atomic E-state index is 0.352. The Morgan fingerprint density at radius 2 is 1.57 bits per heavy atom. The van der Waals surface area contributed by atoms with Crippen LogP contribution in [0.15, 0.2) is 36.7 Å². The number of hydrogen-bond acceptors (Lipinski definition) is 6. The number of para-hydroxylation sites is 1. The Morgan fingerprint density at radius 3 is 2.30 bits per heavy atom. The highest BCUT2D eigenvalue weighted by Crippen LogP contribution is 2.54. The van der Waals surface area contributed by atoms with Gasteiger partial charge in [-0.15, -0.1) is 0 Å². The zero-order valence-electron chi connectivity index (χ0n) is 18.5. The van der Waals surface area contributed by atoms with Crippen LogP contribution in [0.2, 0.25) is 0 Å². The van der Waals surface area contributed by atoms with Crippen molar-refractivity contribution in [3.05, 3.63) is 36.7 Å². The maximum atomic E-state index is 6.71. The van der Waals surface area contributed by atoms with E-state index < -0.39 is 0 Å². The number of fused-ring (bicyclic) bond motifs is 2. The molecule has 2 saturated heterocycles. The lowest BCUT2D eigenvalue weighted by atomic mass is 9.65. The lowest BCUT2D eigenvalue weighted by Crippen LogP contribution is -2.47. The van der Waals surface area contributed by atoms with Crippen molar-refractivity contribution in [1.82, 2.24) is 9.97 Å². The fourth-order valence-corrected chi connectivity index (χ4v) is 6.38. The molecule has 160 valence electrons. The molecule has 1 saturated carbocycles. The molecule has 2 unspecified atom stereocenters.